The minimum absolute atomic E-state index is 0.0366. The number of ketones is 1. The molecule has 1 unspecified atom stereocenters. The first-order valence-electron chi connectivity index (χ1n) is 12.5. The van der Waals surface area contributed by atoms with Crippen molar-refractivity contribution >= 4 is 27.4 Å². The second-order valence-electron chi connectivity index (χ2n) is 9.65. The van der Waals surface area contributed by atoms with Crippen LogP contribution in [0.15, 0.2) is 87.8 Å². The van der Waals surface area contributed by atoms with Gasteiger partial charge < -0.3 is 10.5 Å². The average Bonchev–Trinajstić information content (AvgIpc) is 2.89. The van der Waals surface area contributed by atoms with Crippen LogP contribution in [-0.4, -0.2) is 5.78 Å². The molecular weight excluding hydrogens is 545 g/mol. The Morgan fingerprint density at radius 2 is 1.84 bits per heavy atom. The van der Waals surface area contributed by atoms with E-state index in [-0.39, 0.29) is 22.9 Å². The Labute approximate surface area is 230 Å². The lowest BCUT2D eigenvalue weighted by Gasteiger charge is -2.40. The monoisotopic (exact) mass is 571 g/mol. The van der Waals surface area contributed by atoms with Crippen LogP contribution in [0.4, 0.5) is 10.1 Å². The van der Waals surface area contributed by atoms with Crippen molar-refractivity contribution in [3.05, 3.63) is 116 Å². The number of para-hydroxylation sites is 1. The molecular formula is C31H27BrFN3O2. The van der Waals surface area contributed by atoms with Gasteiger partial charge in [0.15, 0.2) is 5.78 Å². The molecule has 2 N–H and O–H groups in total. The minimum atomic E-state index is -0.627. The van der Waals surface area contributed by atoms with E-state index >= 15 is 0 Å². The van der Waals surface area contributed by atoms with Gasteiger partial charge in [-0.3, -0.25) is 9.69 Å². The van der Waals surface area contributed by atoms with Crippen LogP contribution in [0.3, 0.4) is 0 Å². The molecule has 0 aromatic heterocycles. The molecule has 0 radical (unpaired) electrons. The van der Waals surface area contributed by atoms with Gasteiger partial charge in [0, 0.05) is 22.2 Å². The van der Waals surface area contributed by atoms with E-state index in [2.05, 4.69) is 28.1 Å². The zero-order valence-corrected chi connectivity index (χ0v) is 22.8. The molecule has 3 aromatic rings. The predicted molar refractivity (Wildman–Crippen MR) is 149 cm³/mol. The van der Waals surface area contributed by atoms with E-state index in [1.807, 2.05) is 44.2 Å². The highest BCUT2D eigenvalue weighted by atomic mass is 79.9. The van der Waals surface area contributed by atoms with Gasteiger partial charge in [0.2, 0.25) is 0 Å². The van der Waals surface area contributed by atoms with E-state index < -0.39 is 11.7 Å². The van der Waals surface area contributed by atoms with Gasteiger partial charge in [-0.1, -0.05) is 40.2 Å². The van der Waals surface area contributed by atoms with E-state index in [1.54, 1.807) is 23.1 Å². The van der Waals surface area contributed by atoms with Crippen molar-refractivity contribution in [3.63, 3.8) is 0 Å². The Hall–Kier alpha value is -3.89. The fourth-order valence-corrected chi connectivity index (χ4v) is 5.64. The molecule has 5 nitrogen and oxygen atoms in total. The molecule has 3 aromatic carbocycles. The maximum absolute atomic E-state index is 14.9. The normalized spacial score (nSPS) is 17.4. The average molecular weight is 572 g/mol. The van der Waals surface area contributed by atoms with Crippen LogP contribution >= 0.6 is 15.9 Å². The van der Waals surface area contributed by atoms with Gasteiger partial charge in [0.05, 0.1) is 23.2 Å². The Balaban J connectivity index is 1.63. The van der Waals surface area contributed by atoms with E-state index in [4.69, 9.17) is 10.5 Å². The first kappa shape index (κ1) is 25.7. The van der Waals surface area contributed by atoms with Crippen LogP contribution in [0.25, 0.3) is 0 Å². The molecule has 0 saturated carbocycles. The molecule has 1 aliphatic heterocycles. The number of benzene rings is 3. The lowest BCUT2D eigenvalue weighted by Crippen LogP contribution is -2.39. The second-order valence-corrected chi connectivity index (χ2v) is 10.6. The summed E-state index contributed by atoms with van der Waals surface area (Å²) in [6, 6.07) is 20.3. The van der Waals surface area contributed by atoms with Crippen LogP contribution in [0.5, 0.6) is 5.75 Å². The fraction of sp³-hybridized carbons (Fsp3) is 0.226. The Bertz CT molecular complexity index is 1540. The molecule has 1 heterocycles. The van der Waals surface area contributed by atoms with Gasteiger partial charge in [-0.2, -0.15) is 5.26 Å². The second kappa shape index (κ2) is 10.5. The van der Waals surface area contributed by atoms with Crippen molar-refractivity contribution in [2.24, 2.45) is 5.73 Å². The first-order chi connectivity index (χ1) is 18.3. The molecule has 0 amide bonds. The standard InChI is InChI=1S/C31H27BrFN3O2/c1-18-14-19(2)23(15-20(18)17-38-22-12-10-21(32)11-13-22)29-24(16-34)31(35)36(26-7-4-3-6-25(26)33)27-8-5-9-28(37)30(27)29/h3-4,6-7,10-15,29H,5,8-9,17,35H2,1-2H3. The van der Waals surface area contributed by atoms with Crippen molar-refractivity contribution in [2.75, 3.05) is 4.90 Å². The highest BCUT2D eigenvalue weighted by Gasteiger charge is 2.41. The number of nitrogens with zero attached hydrogens (tertiary/aromatic N) is 2. The van der Waals surface area contributed by atoms with E-state index in [1.165, 1.54) is 6.07 Å². The van der Waals surface area contributed by atoms with Gasteiger partial charge >= 0.3 is 0 Å². The zero-order valence-electron chi connectivity index (χ0n) is 21.2. The molecule has 38 heavy (non-hydrogen) atoms. The number of nitriles is 1. The van der Waals surface area contributed by atoms with Crippen molar-refractivity contribution < 1.29 is 13.9 Å². The summed E-state index contributed by atoms with van der Waals surface area (Å²) in [5.74, 6) is -0.232. The number of allylic oxidation sites excluding steroid dienone is 3. The molecule has 7 heteroatoms. The number of halogens is 2. The van der Waals surface area contributed by atoms with Crippen molar-refractivity contribution in [1.29, 1.82) is 5.26 Å². The number of rotatable bonds is 5. The SMILES string of the molecule is Cc1cc(C)c(C2C(C#N)=C(N)N(c3ccccc3F)C3=C2C(=O)CCC3)cc1COc1ccc(Br)cc1. The molecule has 0 bridgehead atoms. The molecule has 1 aliphatic carbocycles. The summed E-state index contributed by atoms with van der Waals surface area (Å²) in [6.45, 7) is 4.32. The number of nitrogens with two attached hydrogens (primary N) is 1. The lowest BCUT2D eigenvalue weighted by atomic mass is 9.74. The maximum Gasteiger partial charge on any atom is 0.161 e. The molecule has 0 saturated heterocycles. The summed E-state index contributed by atoms with van der Waals surface area (Å²) in [7, 11) is 0. The largest absolute Gasteiger partial charge is 0.489 e. The Kier molecular flexibility index (Phi) is 7.09. The number of Topliss-reactive ketones (excluding diaryl/α,β-unsaturated/α-hetero) is 1. The maximum atomic E-state index is 14.9. The number of anilines is 1. The lowest BCUT2D eigenvalue weighted by molar-refractivity contribution is -0.116. The molecule has 2 aliphatic rings. The van der Waals surface area contributed by atoms with Crippen molar-refractivity contribution in [2.45, 2.75) is 45.6 Å². The summed E-state index contributed by atoms with van der Waals surface area (Å²) in [4.78, 5) is 15.0. The highest BCUT2D eigenvalue weighted by Crippen LogP contribution is 2.47. The smallest absolute Gasteiger partial charge is 0.161 e. The molecule has 0 spiro atoms. The fourth-order valence-electron chi connectivity index (χ4n) is 5.38. The molecule has 0 fully saturated rings. The van der Waals surface area contributed by atoms with Crippen LogP contribution in [-0.2, 0) is 11.4 Å². The quantitative estimate of drug-likeness (QED) is 0.353. The summed E-state index contributed by atoms with van der Waals surface area (Å²) in [5, 5.41) is 10.3. The summed E-state index contributed by atoms with van der Waals surface area (Å²) in [5.41, 5.74) is 12.1. The van der Waals surface area contributed by atoms with Gasteiger partial charge in [0.25, 0.3) is 0 Å². The third-order valence-corrected chi connectivity index (χ3v) is 7.78. The summed E-state index contributed by atoms with van der Waals surface area (Å²) >= 11 is 3.44. The van der Waals surface area contributed by atoms with Gasteiger partial charge in [-0.05, 0) is 85.3 Å². The third kappa shape index (κ3) is 4.61. The number of ether oxygens (including phenoxy) is 1. The Morgan fingerprint density at radius 3 is 2.55 bits per heavy atom. The van der Waals surface area contributed by atoms with Gasteiger partial charge in [0.1, 0.15) is 24.0 Å². The van der Waals surface area contributed by atoms with Crippen LogP contribution in [0.1, 0.15) is 47.4 Å². The molecule has 1 atom stereocenters. The third-order valence-electron chi connectivity index (χ3n) is 7.25. The number of hydrogen-bond donors (Lipinski definition) is 1. The van der Waals surface area contributed by atoms with Crippen LogP contribution in [0, 0.1) is 31.0 Å². The number of carbonyl (C=O) groups excluding carboxylic acids is 1. The molecule has 5 rings (SSSR count). The van der Waals surface area contributed by atoms with Crippen molar-refractivity contribution in [1.82, 2.24) is 0 Å². The highest BCUT2D eigenvalue weighted by molar-refractivity contribution is 9.10. The Morgan fingerprint density at radius 1 is 1.11 bits per heavy atom. The number of carbonyl (C=O) groups is 1. The van der Waals surface area contributed by atoms with Gasteiger partial charge in [-0.15, -0.1) is 0 Å². The van der Waals surface area contributed by atoms with E-state index in [0.717, 1.165) is 32.5 Å². The number of hydrogen-bond acceptors (Lipinski definition) is 5. The summed E-state index contributed by atoms with van der Waals surface area (Å²) < 4.78 is 22.0. The first-order valence-corrected chi connectivity index (χ1v) is 13.3. The van der Waals surface area contributed by atoms with E-state index in [9.17, 15) is 14.4 Å². The van der Waals surface area contributed by atoms with Crippen molar-refractivity contribution in [3.8, 4) is 11.8 Å². The van der Waals surface area contributed by atoms with E-state index in [0.29, 0.717) is 37.1 Å². The van der Waals surface area contributed by atoms with Crippen LogP contribution < -0.4 is 15.4 Å². The van der Waals surface area contributed by atoms with Crippen LogP contribution in [0.2, 0.25) is 0 Å². The zero-order chi connectivity index (χ0) is 27.0. The van der Waals surface area contributed by atoms with Gasteiger partial charge in [-0.25, -0.2) is 4.39 Å². The minimum Gasteiger partial charge on any atom is -0.489 e. The summed E-state index contributed by atoms with van der Waals surface area (Å²) in [6.07, 6.45) is 1.59. The molecule has 192 valence electrons. The number of aryl methyl sites for hydroxylation is 2. The topological polar surface area (TPSA) is 79.4 Å². The predicted octanol–water partition coefficient (Wildman–Crippen LogP) is 7.09.